The lowest BCUT2D eigenvalue weighted by atomic mass is 10.0. The van der Waals surface area contributed by atoms with Gasteiger partial charge >= 0.3 is 0 Å². The highest BCUT2D eigenvalue weighted by atomic mass is 16.3. The van der Waals surface area contributed by atoms with Crippen LogP contribution < -0.4 is 21.3 Å². The van der Waals surface area contributed by atoms with Crippen LogP contribution >= 0.6 is 0 Å². The van der Waals surface area contributed by atoms with Gasteiger partial charge in [0, 0.05) is 72.0 Å². The summed E-state index contributed by atoms with van der Waals surface area (Å²) in [4.78, 5) is 2.29. The molecule has 0 aromatic carbocycles. The van der Waals surface area contributed by atoms with Crippen molar-refractivity contribution in [2.45, 2.75) is 180 Å². The summed E-state index contributed by atoms with van der Waals surface area (Å²) in [5.41, 5.74) is 0. The number of aliphatic hydroxyl groups excluding tert-OH is 3. The lowest BCUT2D eigenvalue weighted by molar-refractivity contribution is 0.0611. The number of hydrogen-bond acceptors (Lipinski definition) is 8. The summed E-state index contributed by atoms with van der Waals surface area (Å²) < 4.78 is 0. The van der Waals surface area contributed by atoms with E-state index in [9.17, 15) is 15.3 Å². The fourth-order valence-electron chi connectivity index (χ4n) is 6.22. The molecule has 0 aliphatic rings. The van der Waals surface area contributed by atoms with Crippen LogP contribution in [0.1, 0.15) is 162 Å². The van der Waals surface area contributed by atoms with Crippen molar-refractivity contribution in [3.8, 4) is 0 Å². The highest BCUT2D eigenvalue weighted by Gasteiger charge is 2.15. The summed E-state index contributed by atoms with van der Waals surface area (Å²) in [7, 11) is 0. The first-order valence-corrected chi connectivity index (χ1v) is 20.6. The summed E-state index contributed by atoms with van der Waals surface area (Å²) in [6, 6.07) is 0. The topological polar surface area (TPSA) is 112 Å². The molecule has 3 atom stereocenters. The predicted molar refractivity (Wildman–Crippen MR) is 205 cm³/mol. The molecule has 0 heterocycles. The predicted octanol–water partition coefficient (Wildman–Crippen LogP) is 6.37. The van der Waals surface area contributed by atoms with Crippen LogP contribution in [0.5, 0.6) is 0 Å². The van der Waals surface area contributed by atoms with Crippen LogP contribution in [0.4, 0.5) is 0 Å². The quantitative estimate of drug-likeness (QED) is 0.0377. The first-order valence-electron chi connectivity index (χ1n) is 20.6. The lowest BCUT2D eigenvalue weighted by Gasteiger charge is -2.27. The van der Waals surface area contributed by atoms with E-state index in [4.69, 9.17) is 0 Å². The molecule has 0 fully saturated rings. The van der Waals surface area contributed by atoms with Gasteiger partial charge in [-0.1, -0.05) is 142 Å². The lowest BCUT2D eigenvalue weighted by Crippen LogP contribution is -2.42. The molecule has 3 unspecified atom stereocenters. The maximum absolute atomic E-state index is 10.9. The zero-order chi connectivity index (χ0) is 34.5. The molecule has 0 rings (SSSR count). The third-order valence-electron chi connectivity index (χ3n) is 9.20. The summed E-state index contributed by atoms with van der Waals surface area (Å²) >= 11 is 0. The Balaban J connectivity index is 4.19. The SMILES string of the molecule is CCCCCCCCCCCCC(O)CN(CCNCCNCCNCCNCC(C)O)CC(O)CCCCCCCCCCCC. The van der Waals surface area contributed by atoms with Crippen molar-refractivity contribution in [2.75, 3.05) is 72.0 Å². The normalized spacial score (nSPS) is 13.9. The standard InChI is InChI=1S/C39H85N5O3/c1-4-6-8-10-12-14-16-18-20-22-24-38(46)35-44(36-39(47)25-23-21-19-17-15-13-11-9-7-5-2)33-32-42-29-28-40-26-27-41-30-31-43-34-37(3)45/h37-43,45-47H,4-36H2,1-3H3. The molecule has 0 aromatic rings. The van der Waals surface area contributed by atoms with Crippen LogP contribution in [-0.4, -0.2) is 111 Å². The Kier molecular flexibility index (Phi) is 38.2. The number of unbranched alkanes of at least 4 members (excludes halogenated alkanes) is 18. The molecule has 0 radical (unpaired) electrons. The van der Waals surface area contributed by atoms with E-state index in [-0.39, 0.29) is 18.3 Å². The zero-order valence-corrected chi connectivity index (χ0v) is 31.9. The second-order valence-corrected chi connectivity index (χ2v) is 14.3. The van der Waals surface area contributed by atoms with Crippen molar-refractivity contribution in [2.24, 2.45) is 0 Å². The van der Waals surface area contributed by atoms with Gasteiger partial charge in [0.2, 0.25) is 0 Å². The molecule has 0 bridgehead atoms. The highest BCUT2D eigenvalue weighted by molar-refractivity contribution is 4.71. The van der Waals surface area contributed by atoms with E-state index >= 15 is 0 Å². The van der Waals surface area contributed by atoms with E-state index in [1.54, 1.807) is 6.92 Å². The van der Waals surface area contributed by atoms with Crippen molar-refractivity contribution in [3.05, 3.63) is 0 Å². The summed E-state index contributed by atoms with van der Waals surface area (Å²) in [6.07, 6.45) is 27.1. The number of nitrogens with zero attached hydrogens (tertiary/aromatic N) is 1. The fourth-order valence-corrected chi connectivity index (χ4v) is 6.22. The minimum absolute atomic E-state index is 0.296. The highest BCUT2D eigenvalue weighted by Crippen LogP contribution is 2.14. The first kappa shape index (κ1) is 46.7. The molecule has 47 heavy (non-hydrogen) atoms. The van der Waals surface area contributed by atoms with Gasteiger partial charge in [0.1, 0.15) is 0 Å². The van der Waals surface area contributed by atoms with E-state index < -0.39 is 0 Å². The van der Waals surface area contributed by atoms with Gasteiger partial charge in [-0.3, -0.25) is 4.90 Å². The van der Waals surface area contributed by atoms with E-state index in [1.165, 1.54) is 116 Å². The third-order valence-corrected chi connectivity index (χ3v) is 9.20. The molecular formula is C39H85N5O3. The van der Waals surface area contributed by atoms with Crippen molar-refractivity contribution in [1.29, 1.82) is 0 Å². The summed E-state index contributed by atoms with van der Waals surface area (Å²) in [5.74, 6) is 0. The fraction of sp³-hybridized carbons (Fsp3) is 1.00. The zero-order valence-electron chi connectivity index (χ0n) is 31.9. The second kappa shape index (κ2) is 38.5. The van der Waals surface area contributed by atoms with Crippen LogP contribution in [0, 0.1) is 0 Å². The number of aliphatic hydroxyl groups is 3. The molecule has 7 N–H and O–H groups in total. The van der Waals surface area contributed by atoms with Gasteiger partial charge in [0.05, 0.1) is 18.3 Å². The maximum Gasteiger partial charge on any atom is 0.0667 e. The Hall–Kier alpha value is -0.320. The molecule has 0 spiro atoms. The van der Waals surface area contributed by atoms with Gasteiger partial charge in [-0.15, -0.1) is 0 Å². The molecule has 0 amide bonds. The molecule has 0 aliphatic heterocycles. The molecule has 0 aliphatic carbocycles. The van der Waals surface area contributed by atoms with Gasteiger partial charge in [-0.25, -0.2) is 0 Å². The van der Waals surface area contributed by atoms with Crippen molar-refractivity contribution in [1.82, 2.24) is 26.2 Å². The molecule has 0 saturated heterocycles. The average molecular weight is 672 g/mol. The average Bonchev–Trinajstić information content (AvgIpc) is 3.04. The van der Waals surface area contributed by atoms with E-state index in [0.717, 1.165) is 78.0 Å². The maximum atomic E-state index is 10.9. The van der Waals surface area contributed by atoms with Gasteiger partial charge in [-0.05, 0) is 19.8 Å². The van der Waals surface area contributed by atoms with Crippen LogP contribution in [0.2, 0.25) is 0 Å². The molecule has 284 valence electrons. The minimum atomic E-state index is -0.315. The number of hydrogen-bond donors (Lipinski definition) is 7. The van der Waals surface area contributed by atoms with Crippen molar-refractivity contribution >= 4 is 0 Å². The van der Waals surface area contributed by atoms with Crippen LogP contribution in [0.15, 0.2) is 0 Å². The van der Waals surface area contributed by atoms with E-state index in [1.807, 2.05) is 0 Å². The van der Waals surface area contributed by atoms with Crippen molar-refractivity contribution < 1.29 is 15.3 Å². The molecule has 8 nitrogen and oxygen atoms in total. The Bertz CT molecular complexity index is 555. The van der Waals surface area contributed by atoms with Gasteiger partial charge in [0.25, 0.3) is 0 Å². The van der Waals surface area contributed by atoms with E-state index in [0.29, 0.717) is 19.6 Å². The van der Waals surface area contributed by atoms with Crippen LogP contribution in [0.3, 0.4) is 0 Å². The largest absolute Gasteiger partial charge is 0.392 e. The van der Waals surface area contributed by atoms with Crippen LogP contribution in [-0.2, 0) is 0 Å². The molecule has 0 saturated carbocycles. The molecular weight excluding hydrogens is 586 g/mol. The first-order chi connectivity index (χ1) is 23.0. The summed E-state index contributed by atoms with van der Waals surface area (Å²) in [5, 5.41) is 44.6. The molecule has 8 heteroatoms. The Morgan fingerprint density at radius 2 is 0.745 bits per heavy atom. The van der Waals surface area contributed by atoms with Gasteiger partial charge in [-0.2, -0.15) is 0 Å². The Morgan fingerprint density at radius 3 is 1.11 bits per heavy atom. The van der Waals surface area contributed by atoms with Crippen molar-refractivity contribution in [3.63, 3.8) is 0 Å². The minimum Gasteiger partial charge on any atom is -0.392 e. The Labute approximate surface area is 293 Å². The number of nitrogens with one attached hydrogen (secondary N) is 4. The molecule has 0 aromatic heterocycles. The second-order valence-electron chi connectivity index (χ2n) is 14.3. The smallest absolute Gasteiger partial charge is 0.0667 e. The summed E-state index contributed by atoms with van der Waals surface area (Å²) in [6.45, 7) is 15.5. The van der Waals surface area contributed by atoms with Gasteiger partial charge < -0.3 is 36.6 Å². The van der Waals surface area contributed by atoms with Crippen LogP contribution in [0.25, 0.3) is 0 Å². The van der Waals surface area contributed by atoms with E-state index in [2.05, 4.69) is 40.0 Å². The number of rotatable bonds is 40. The Morgan fingerprint density at radius 1 is 0.426 bits per heavy atom. The van der Waals surface area contributed by atoms with Gasteiger partial charge in [0.15, 0.2) is 0 Å². The monoisotopic (exact) mass is 672 g/mol. The third kappa shape index (κ3) is 38.3.